The summed E-state index contributed by atoms with van der Waals surface area (Å²) in [5, 5.41) is 10.2. The van der Waals surface area contributed by atoms with Gasteiger partial charge in [-0.05, 0) is 18.9 Å². The van der Waals surface area contributed by atoms with Gasteiger partial charge in [-0.3, -0.25) is 0 Å². The van der Waals surface area contributed by atoms with E-state index < -0.39 is 16.0 Å². The number of carboxylic acid groups (broad SMARTS) is 1. The Labute approximate surface area is 111 Å². The van der Waals surface area contributed by atoms with Crippen LogP contribution in [0.25, 0.3) is 0 Å². The minimum atomic E-state index is -3.62. The van der Waals surface area contributed by atoms with Crippen LogP contribution in [0.1, 0.15) is 30.4 Å². The van der Waals surface area contributed by atoms with E-state index in [9.17, 15) is 13.2 Å². The highest BCUT2D eigenvalue weighted by Crippen LogP contribution is 2.24. The summed E-state index contributed by atoms with van der Waals surface area (Å²) < 4.78 is 25.8. The molecule has 0 amide bonds. The SMILES string of the molecule is CC(C)C(C)N(C)S(=O)(=O)c1csc(C(=O)O)c1. The van der Waals surface area contributed by atoms with E-state index in [1.54, 1.807) is 0 Å². The van der Waals surface area contributed by atoms with Gasteiger partial charge >= 0.3 is 5.97 Å². The summed E-state index contributed by atoms with van der Waals surface area (Å²) in [5.74, 6) is -0.927. The molecule has 1 aromatic heterocycles. The Kier molecular flexibility index (Phi) is 4.52. The smallest absolute Gasteiger partial charge is 0.345 e. The molecule has 0 radical (unpaired) electrons. The number of carboxylic acids is 1. The molecule has 7 heteroatoms. The van der Waals surface area contributed by atoms with Gasteiger partial charge in [-0.15, -0.1) is 11.3 Å². The Morgan fingerprint density at radius 1 is 1.39 bits per heavy atom. The normalized spacial score (nSPS) is 14.1. The third-order valence-corrected chi connectivity index (χ3v) is 5.99. The Morgan fingerprint density at radius 2 is 1.94 bits per heavy atom. The second-order valence-corrected chi connectivity index (χ2v) is 7.37. The van der Waals surface area contributed by atoms with Gasteiger partial charge in [0.2, 0.25) is 10.0 Å². The van der Waals surface area contributed by atoms with Crippen LogP contribution in [0.2, 0.25) is 0 Å². The fourth-order valence-corrected chi connectivity index (χ4v) is 3.96. The van der Waals surface area contributed by atoms with Crippen molar-refractivity contribution in [3.05, 3.63) is 16.3 Å². The quantitative estimate of drug-likeness (QED) is 0.901. The van der Waals surface area contributed by atoms with Gasteiger partial charge in [0.05, 0.1) is 4.90 Å². The van der Waals surface area contributed by atoms with Crippen LogP contribution in [0.15, 0.2) is 16.3 Å². The first kappa shape index (κ1) is 15.1. The highest BCUT2D eigenvalue weighted by Gasteiger charge is 2.28. The van der Waals surface area contributed by atoms with Crippen molar-refractivity contribution in [2.75, 3.05) is 7.05 Å². The molecule has 0 aliphatic carbocycles. The molecular weight excluding hydrogens is 274 g/mol. The van der Waals surface area contributed by atoms with Crippen LogP contribution in [-0.4, -0.2) is 36.9 Å². The summed E-state index contributed by atoms with van der Waals surface area (Å²) >= 11 is 0.917. The van der Waals surface area contributed by atoms with Gasteiger partial charge < -0.3 is 5.11 Å². The van der Waals surface area contributed by atoms with Crippen molar-refractivity contribution in [3.63, 3.8) is 0 Å². The van der Waals surface area contributed by atoms with E-state index in [0.29, 0.717) is 0 Å². The van der Waals surface area contributed by atoms with E-state index in [2.05, 4.69) is 0 Å². The lowest BCUT2D eigenvalue weighted by molar-refractivity contribution is 0.0702. The number of nitrogens with zero attached hydrogens (tertiary/aromatic N) is 1. The van der Waals surface area contributed by atoms with Crippen LogP contribution >= 0.6 is 11.3 Å². The van der Waals surface area contributed by atoms with Crippen molar-refractivity contribution in [1.82, 2.24) is 4.31 Å². The lowest BCUT2D eigenvalue weighted by Gasteiger charge is -2.26. The van der Waals surface area contributed by atoms with Gasteiger partial charge in [0.15, 0.2) is 0 Å². The Morgan fingerprint density at radius 3 is 2.33 bits per heavy atom. The number of aromatic carboxylic acids is 1. The molecule has 1 heterocycles. The van der Waals surface area contributed by atoms with Crippen molar-refractivity contribution >= 4 is 27.3 Å². The van der Waals surface area contributed by atoms with Crippen molar-refractivity contribution in [2.45, 2.75) is 31.7 Å². The fraction of sp³-hybridized carbons (Fsp3) is 0.545. The Hall–Kier alpha value is -0.920. The first-order chi connectivity index (χ1) is 8.17. The van der Waals surface area contributed by atoms with Crippen molar-refractivity contribution in [2.24, 2.45) is 5.92 Å². The van der Waals surface area contributed by atoms with E-state index >= 15 is 0 Å². The number of rotatable bonds is 5. The second-order valence-electron chi connectivity index (χ2n) is 4.46. The van der Waals surface area contributed by atoms with Crippen molar-refractivity contribution in [3.8, 4) is 0 Å². The summed E-state index contributed by atoms with van der Waals surface area (Å²) in [7, 11) is -2.10. The van der Waals surface area contributed by atoms with E-state index in [1.165, 1.54) is 22.8 Å². The van der Waals surface area contributed by atoms with Gasteiger partial charge in [0.1, 0.15) is 4.88 Å². The van der Waals surface area contributed by atoms with E-state index in [-0.39, 0.29) is 21.7 Å². The zero-order chi connectivity index (χ0) is 14.1. The Balaban J connectivity index is 3.09. The molecule has 0 fully saturated rings. The summed E-state index contributed by atoms with van der Waals surface area (Å²) in [4.78, 5) is 10.8. The largest absolute Gasteiger partial charge is 0.477 e. The number of carbonyl (C=O) groups is 1. The lowest BCUT2D eigenvalue weighted by Crippen LogP contribution is -2.38. The highest BCUT2D eigenvalue weighted by atomic mass is 32.2. The average Bonchev–Trinajstić information content (AvgIpc) is 2.76. The van der Waals surface area contributed by atoms with Crippen LogP contribution in [0.3, 0.4) is 0 Å². The van der Waals surface area contributed by atoms with Gasteiger partial charge in [-0.2, -0.15) is 4.31 Å². The molecule has 18 heavy (non-hydrogen) atoms. The molecule has 0 aliphatic heterocycles. The molecule has 1 atom stereocenters. The molecule has 102 valence electrons. The molecule has 0 spiro atoms. The van der Waals surface area contributed by atoms with E-state index in [1.807, 2.05) is 20.8 Å². The molecule has 0 aromatic carbocycles. The topological polar surface area (TPSA) is 74.7 Å². The maximum Gasteiger partial charge on any atom is 0.345 e. The zero-order valence-electron chi connectivity index (χ0n) is 10.7. The molecule has 1 rings (SSSR count). The van der Waals surface area contributed by atoms with Gasteiger partial charge in [-0.25, -0.2) is 13.2 Å². The molecule has 5 nitrogen and oxygen atoms in total. The molecule has 0 saturated carbocycles. The van der Waals surface area contributed by atoms with E-state index in [0.717, 1.165) is 11.3 Å². The van der Waals surface area contributed by atoms with Crippen LogP contribution in [0.5, 0.6) is 0 Å². The molecule has 0 aliphatic rings. The zero-order valence-corrected chi connectivity index (χ0v) is 12.4. The minimum absolute atomic E-state index is 0.0270. The monoisotopic (exact) mass is 291 g/mol. The number of hydrogen-bond acceptors (Lipinski definition) is 4. The summed E-state index contributed by atoms with van der Waals surface area (Å²) in [6.07, 6.45) is 0. The molecule has 1 N–H and O–H groups in total. The fourth-order valence-electron chi connectivity index (χ4n) is 1.37. The second kappa shape index (κ2) is 5.38. The molecule has 1 unspecified atom stereocenters. The van der Waals surface area contributed by atoms with Crippen LogP contribution < -0.4 is 0 Å². The third-order valence-electron chi connectivity index (χ3n) is 3.00. The van der Waals surface area contributed by atoms with Crippen molar-refractivity contribution < 1.29 is 18.3 Å². The van der Waals surface area contributed by atoms with Gasteiger partial charge in [0.25, 0.3) is 0 Å². The summed E-state index contributed by atoms with van der Waals surface area (Å²) in [6, 6.07) is 1.05. The van der Waals surface area contributed by atoms with Gasteiger partial charge in [-0.1, -0.05) is 13.8 Å². The summed E-state index contributed by atoms with van der Waals surface area (Å²) in [5.41, 5.74) is 0. The standard InChI is InChI=1S/C11H17NO4S2/c1-7(2)8(3)12(4)18(15,16)9-5-10(11(13)14)17-6-9/h5-8H,1-4H3,(H,13,14). The molecule has 1 aromatic rings. The van der Waals surface area contributed by atoms with Crippen LogP contribution in [0.4, 0.5) is 0 Å². The number of sulfonamides is 1. The average molecular weight is 291 g/mol. The minimum Gasteiger partial charge on any atom is -0.477 e. The van der Waals surface area contributed by atoms with E-state index in [4.69, 9.17) is 5.11 Å². The third kappa shape index (κ3) is 2.90. The number of hydrogen-bond donors (Lipinski definition) is 1. The molecular formula is C11H17NO4S2. The highest BCUT2D eigenvalue weighted by molar-refractivity contribution is 7.89. The predicted molar refractivity (Wildman–Crippen MR) is 70.5 cm³/mol. The first-order valence-corrected chi connectivity index (χ1v) is 7.79. The number of thiophene rings is 1. The van der Waals surface area contributed by atoms with Crippen LogP contribution in [0, 0.1) is 5.92 Å². The maximum atomic E-state index is 12.3. The molecule has 0 bridgehead atoms. The maximum absolute atomic E-state index is 12.3. The molecule has 0 saturated heterocycles. The van der Waals surface area contributed by atoms with Crippen molar-refractivity contribution in [1.29, 1.82) is 0 Å². The first-order valence-electron chi connectivity index (χ1n) is 5.47. The van der Waals surface area contributed by atoms with Crippen LogP contribution in [-0.2, 0) is 10.0 Å². The summed E-state index contributed by atoms with van der Waals surface area (Å²) in [6.45, 7) is 5.70. The van der Waals surface area contributed by atoms with Gasteiger partial charge in [0, 0.05) is 18.5 Å². The predicted octanol–water partition coefficient (Wildman–Crippen LogP) is 2.11. The Bertz CT molecular complexity index is 533. The lowest BCUT2D eigenvalue weighted by atomic mass is 10.1.